The Balaban J connectivity index is 1.93. The van der Waals surface area contributed by atoms with Crippen LogP contribution in [0.15, 0.2) is 28.7 Å². The van der Waals surface area contributed by atoms with Crippen molar-refractivity contribution in [1.82, 2.24) is 5.32 Å². The lowest BCUT2D eigenvalue weighted by molar-refractivity contribution is 0.224. The van der Waals surface area contributed by atoms with Gasteiger partial charge in [-0.3, -0.25) is 0 Å². The van der Waals surface area contributed by atoms with Crippen LogP contribution in [0, 0.1) is 11.8 Å². The van der Waals surface area contributed by atoms with Crippen LogP contribution < -0.4 is 5.32 Å². The highest BCUT2D eigenvalue weighted by molar-refractivity contribution is 9.10. The van der Waals surface area contributed by atoms with Gasteiger partial charge in [0, 0.05) is 10.5 Å². The molecular weight excluding hydrogens is 298 g/mol. The molecule has 2 heteroatoms. The molecule has 106 valence electrons. The standard InChI is InChI=1S/C17H26BrN/c1-13(2)19-12-16-6-4-3-5-15(16)11-14-7-9-17(18)10-8-14/h7-10,13,15-16,19H,3-6,11-12H2,1-2H3. The van der Waals surface area contributed by atoms with Crippen LogP contribution in [-0.2, 0) is 6.42 Å². The normalized spacial score (nSPS) is 23.8. The van der Waals surface area contributed by atoms with Crippen molar-refractivity contribution in [3.05, 3.63) is 34.3 Å². The third kappa shape index (κ3) is 4.92. The predicted octanol–water partition coefficient (Wildman–Crippen LogP) is 4.80. The van der Waals surface area contributed by atoms with E-state index in [9.17, 15) is 0 Å². The van der Waals surface area contributed by atoms with Crippen molar-refractivity contribution in [3.63, 3.8) is 0 Å². The summed E-state index contributed by atoms with van der Waals surface area (Å²) in [6.45, 7) is 5.68. The van der Waals surface area contributed by atoms with Gasteiger partial charge >= 0.3 is 0 Å². The number of nitrogens with one attached hydrogen (secondary N) is 1. The maximum atomic E-state index is 3.63. The first-order chi connectivity index (χ1) is 9.15. The summed E-state index contributed by atoms with van der Waals surface area (Å²) in [7, 11) is 0. The van der Waals surface area contributed by atoms with Crippen LogP contribution in [0.5, 0.6) is 0 Å². The van der Waals surface area contributed by atoms with Crippen LogP contribution in [0.3, 0.4) is 0 Å². The first-order valence-corrected chi connectivity index (χ1v) is 8.42. The van der Waals surface area contributed by atoms with E-state index in [1.54, 1.807) is 0 Å². The molecule has 2 rings (SSSR count). The summed E-state index contributed by atoms with van der Waals surface area (Å²) in [6.07, 6.45) is 6.89. The molecule has 0 heterocycles. The molecule has 1 aliphatic carbocycles. The fourth-order valence-electron chi connectivity index (χ4n) is 3.13. The molecule has 0 aromatic heterocycles. The third-order valence-electron chi connectivity index (χ3n) is 4.27. The molecule has 2 atom stereocenters. The van der Waals surface area contributed by atoms with Gasteiger partial charge in [-0.1, -0.05) is 54.8 Å². The second-order valence-corrected chi connectivity index (χ2v) is 7.11. The minimum atomic E-state index is 0.607. The van der Waals surface area contributed by atoms with Crippen LogP contribution in [0.1, 0.15) is 45.1 Å². The molecule has 1 aromatic rings. The summed E-state index contributed by atoms with van der Waals surface area (Å²) < 4.78 is 1.18. The van der Waals surface area contributed by atoms with Crippen LogP contribution in [0.25, 0.3) is 0 Å². The molecule has 1 N–H and O–H groups in total. The molecule has 1 fully saturated rings. The van der Waals surface area contributed by atoms with Gasteiger partial charge in [0.05, 0.1) is 0 Å². The van der Waals surface area contributed by atoms with Crippen LogP contribution in [0.4, 0.5) is 0 Å². The average molecular weight is 324 g/mol. The largest absolute Gasteiger partial charge is 0.314 e. The lowest BCUT2D eigenvalue weighted by Gasteiger charge is -2.32. The summed E-state index contributed by atoms with van der Waals surface area (Å²) in [5.74, 6) is 1.72. The fraction of sp³-hybridized carbons (Fsp3) is 0.647. The number of hydrogen-bond donors (Lipinski definition) is 1. The molecule has 1 aliphatic rings. The highest BCUT2D eigenvalue weighted by atomic mass is 79.9. The van der Waals surface area contributed by atoms with E-state index in [1.807, 2.05) is 0 Å². The van der Waals surface area contributed by atoms with E-state index < -0.39 is 0 Å². The van der Waals surface area contributed by atoms with E-state index in [0.717, 1.165) is 11.8 Å². The summed E-state index contributed by atoms with van der Waals surface area (Å²) >= 11 is 3.51. The molecule has 0 amide bonds. The number of benzene rings is 1. The fourth-order valence-corrected chi connectivity index (χ4v) is 3.40. The van der Waals surface area contributed by atoms with Gasteiger partial charge in [-0.25, -0.2) is 0 Å². The van der Waals surface area contributed by atoms with Crippen molar-refractivity contribution in [2.24, 2.45) is 11.8 Å². The van der Waals surface area contributed by atoms with E-state index in [2.05, 4.69) is 59.4 Å². The van der Waals surface area contributed by atoms with Crippen molar-refractivity contribution in [1.29, 1.82) is 0 Å². The molecule has 0 radical (unpaired) electrons. The van der Waals surface area contributed by atoms with Gasteiger partial charge in [-0.2, -0.15) is 0 Å². The van der Waals surface area contributed by atoms with Gasteiger partial charge in [-0.05, 0) is 55.3 Å². The van der Waals surface area contributed by atoms with E-state index in [-0.39, 0.29) is 0 Å². The van der Waals surface area contributed by atoms with E-state index >= 15 is 0 Å². The Bertz CT molecular complexity index is 371. The summed E-state index contributed by atoms with van der Waals surface area (Å²) in [5.41, 5.74) is 1.49. The van der Waals surface area contributed by atoms with Gasteiger partial charge in [0.2, 0.25) is 0 Å². The third-order valence-corrected chi connectivity index (χ3v) is 4.79. The molecule has 0 bridgehead atoms. The summed E-state index contributed by atoms with van der Waals surface area (Å²) in [5, 5.41) is 3.63. The van der Waals surface area contributed by atoms with E-state index in [4.69, 9.17) is 0 Å². The quantitative estimate of drug-likeness (QED) is 0.821. The minimum Gasteiger partial charge on any atom is -0.314 e. The highest BCUT2D eigenvalue weighted by Crippen LogP contribution is 2.32. The lowest BCUT2D eigenvalue weighted by atomic mass is 9.76. The van der Waals surface area contributed by atoms with Crippen molar-refractivity contribution in [3.8, 4) is 0 Å². The molecule has 0 saturated heterocycles. The van der Waals surface area contributed by atoms with Crippen LogP contribution in [0.2, 0.25) is 0 Å². The monoisotopic (exact) mass is 323 g/mol. The molecule has 0 spiro atoms. The van der Waals surface area contributed by atoms with Crippen molar-refractivity contribution in [2.75, 3.05) is 6.54 Å². The first-order valence-electron chi connectivity index (χ1n) is 7.63. The smallest absolute Gasteiger partial charge is 0.0175 e. The lowest BCUT2D eigenvalue weighted by Crippen LogP contribution is -2.34. The summed E-state index contributed by atoms with van der Waals surface area (Å²) in [4.78, 5) is 0. The molecule has 2 unspecified atom stereocenters. The molecule has 1 saturated carbocycles. The Labute approximate surface area is 126 Å². The maximum absolute atomic E-state index is 3.63. The zero-order valence-electron chi connectivity index (χ0n) is 12.2. The predicted molar refractivity (Wildman–Crippen MR) is 86.4 cm³/mol. The first kappa shape index (κ1) is 15.1. The zero-order chi connectivity index (χ0) is 13.7. The van der Waals surface area contributed by atoms with E-state index in [1.165, 1.54) is 48.7 Å². The van der Waals surface area contributed by atoms with Gasteiger partial charge in [-0.15, -0.1) is 0 Å². The topological polar surface area (TPSA) is 12.0 Å². The Hall–Kier alpha value is -0.340. The Morgan fingerprint density at radius 3 is 2.37 bits per heavy atom. The van der Waals surface area contributed by atoms with Crippen LogP contribution >= 0.6 is 15.9 Å². The highest BCUT2D eigenvalue weighted by Gasteiger charge is 2.25. The minimum absolute atomic E-state index is 0.607. The average Bonchev–Trinajstić information content (AvgIpc) is 2.40. The Morgan fingerprint density at radius 2 is 1.74 bits per heavy atom. The van der Waals surface area contributed by atoms with Gasteiger partial charge in [0.25, 0.3) is 0 Å². The number of hydrogen-bond acceptors (Lipinski definition) is 1. The molecule has 0 aliphatic heterocycles. The Kier molecular flexibility index (Phi) is 5.90. The Morgan fingerprint density at radius 1 is 1.11 bits per heavy atom. The van der Waals surface area contributed by atoms with E-state index in [0.29, 0.717) is 6.04 Å². The van der Waals surface area contributed by atoms with Crippen molar-refractivity contribution >= 4 is 15.9 Å². The number of halogens is 1. The molecular formula is C17H26BrN. The van der Waals surface area contributed by atoms with Gasteiger partial charge < -0.3 is 5.32 Å². The molecule has 1 aromatic carbocycles. The van der Waals surface area contributed by atoms with Crippen LogP contribution in [-0.4, -0.2) is 12.6 Å². The second kappa shape index (κ2) is 7.44. The zero-order valence-corrected chi connectivity index (χ0v) is 13.7. The van der Waals surface area contributed by atoms with Gasteiger partial charge in [0.1, 0.15) is 0 Å². The second-order valence-electron chi connectivity index (χ2n) is 6.20. The van der Waals surface area contributed by atoms with Gasteiger partial charge in [0.15, 0.2) is 0 Å². The molecule has 19 heavy (non-hydrogen) atoms. The van der Waals surface area contributed by atoms with Crippen molar-refractivity contribution in [2.45, 2.75) is 52.0 Å². The molecule has 1 nitrogen and oxygen atoms in total. The van der Waals surface area contributed by atoms with Crippen molar-refractivity contribution < 1.29 is 0 Å². The SMILES string of the molecule is CC(C)NCC1CCCCC1Cc1ccc(Br)cc1. The maximum Gasteiger partial charge on any atom is 0.0175 e. The summed E-state index contributed by atoms with van der Waals surface area (Å²) in [6, 6.07) is 9.48. The number of rotatable bonds is 5.